The molecule has 0 aliphatic carbocycles. The van der Waals surface area contributed by atoms with E-state index in [1.165, 1.54) is 18.2 Å². The average molecular weight is 280 g/mol. The van der Waals surface area contributed by atoms with E-state index in [-0.39, 0.29) is 11.3 Å². The molecule has 0 aliphatic heterocycles. The van der Waals surface area contributed by atoms with Crippen LogP contribution in [0.1, 0.15) is 5.69 Å². The second-order valence-electron chi connectivity index (χ2n) is 4.25. The molecule has 0 amide bonds. The Balaban J connectivity index is 2.37. The largest absolute Gasteiger partial charge is 0.433 e. The monoisotopic (exact) mass is 280 g/mol. The van der Waals surface area contributed by atoms with Crippen molar-refractivity contribution in [2.45, 2.75) is 6.18 Å². The molecule has 2 aromatic heterocycles. The number of hydrogen-bond acceptors (Lipinski definition) is 1. The molecule has 2 heterocycles. The molecular formula is C14H8F4N2. The molecule has 0 atom stereocenters. The van der Waals surface area contributed by atoms with Gasteiger partial charge in [-0.15, -0.1) is 0 Å². The summed E-state index contributed by atoms with van der Waals surface area (Å²) < 4.78 is 53.7. The minimum atomic E-state index is -4.63. The van der Waals surface area contributed by atoms with Crippen molar-refractivity contribution < 1.29 is 17.6 Å². The standard InChI is InChI=1S/C14H8F4N2/c15-10-6-7-11-19-12(9-4-2-1-3-5-9)13(14(16,17)18)20(11)8-10/h1-8H. The zero-order chi connectivity index (χ0) is 14.3. The lowest BCUT2D eigenvalue weighted by Crippen LogP contribution is -2.10. The Hall–Kier alpha value is -2.37. The van der Waals surface area contributed by atoms with Gasteiger partial charge in [-0.1, -0.05) is 30.3 Å². The molecule has 0 aliphatic rings. The smallest absolute Gasteiger partial charge is 0.292 e. The van der Waals surface area contributed by atoms with Gasteiger partial charge in [0.1, 0.15) is 17.2 Å². The van der Waals surface area contributed by atoms with E-state index in [0.29, 0.717) is 5.56 Å². The lowest BCUT2D eigenvalue weighted by Gasteiger charge is -2.09. The summed E-state index contributed by atoms with van der Waals surface area (Å²) in [6.07, 6.45) is -3.84. The van der Waals surface area contributed by atoms with E-state index in [0.717, 1.165) is 16.7 Å². The van der Waals surface area contributed by atoms with Crippen LogP contribution in [0.3, 0.4) is 0 Å². The summed E-state index contributed by atoms with van der Waals surface area (Å²) in [6, 6.07) is 10.3. The fourth-order valence-corrected chi connectivity index (χ4v) is 2.09. The van der Waals surface area contributed by atoms with Crippen LogP contribution < -0.4 is 0 Å². The molecule has 0 radical (unpaired) electrons. The van der Waals surface area contributed by atoms with Gasteiger partial charge in [-0.3, -0.25) is 4.40 Å². The number of pyridine rings is 1. The van der Waals surface area contributed by atoms with E-state index in [1.807, 2.05) is 0 Å². The Morgan fingerprint density at radius 3 is 2.30 bits per heavy atom. The maximum atomic E-state index is 13.2. The van der Waals surface area contributed by atoms with Crippen LogP contribution in [0.4, 0.5) is 17.6 Å². The number of benzene rings is 1. The maximum absolute atomic E-state index is 13.2. The van der Waals surface area contributed by atoms with Crippen LogP contribution in [0.5, 0.6) is 0 Å². The van der Waals surface area contributed by atoms with Crippen LogP contribution in [-0.2, 0) is 6.18 Å². The second-order valence-corrected chi connectivity index (χ2v) is 4.25. The minimum absolute atomic E-state index is 0.0533. The zero-order valence-corrected chi connectivity index (χ0v) is 10.0. The minimum Gasteiger partial charge on any atom is -0.292 e. The molecule has 6 heteroatoms. The van der Waals surface area contributed by atoms with Crippen LogP contribution in [0, 0.1) is 5.82 Å². The first kappa shape index (κ1) is 12.7. The highest BCUT2D eigenvalue weighted by atomic mass is 19.4. The molecule has 0 saturated carbocycles. The molecule has 0 unspecified atom stereocenters. The van der Waals surface area contributed by atoms with E-state index < -0.39 is 17.7 Å². The number of imidazole rings is 1. The van der Waals surface area contributed by atoms with Crippen molar-refractivity contribution in [1.82, 2.24) is 9.38 Å². The van der Waals surface area contributed by atoms with Crippen molar-refractivity contribution in [3.63, 3.8) is 0 Å². The van der Waals surface area contributed by atoms with Gasteiger partial charge in [0.25, 0.3) is 0 Å². The number of aromatic nitrogens is 2. The quantitative estimate of drug-likeness (QED) is 0.612. The number of fused-ring (bicyclic) bond motifs is 1. The molecule has 0 saturated heterocycles. The number of halogens is 4. The van der Waals surface area contributed by atoms with Crippen molar-refractivity contribution >= 4 is 5.65 Å². The van der Waals surface area contributed by atoms with Crippen molar-refractivity contribution in [3.8, 4) is 11.3 Å². The lowest BCUT2D eigenvalue weighted by molar-refractivity contribution is -0.141. The summed E-state index contributed by atoms with van der Waals surface area (Å²) >= 11 is 0. The molecule has 102 valence electrons. The van der Waals surface area contributed by atoms with Crippen molar-refractivity contribution in [3.05, 3.63) is 60.2 Å². The van der Waals surface area contributed by atoms with Crippen molar-refractivity contribution in [2.24, 2.45) is 0 Å². The Morgan fingerprint density at radius 1 is 0.950 bits per heavy atom. The summed E-state index contributed by atoms with van der Waals surface area (Å²) in [4.78, 5) is 3.97. The molecule has 0 bridgehead atoms. The Labute approximate surface area is 111 Å². The lowest BCUT2D eigenvalue weighted by atomic mass is 10.1. The topological polar surface area (TPSA) is 17.3 Å². The number of hydrogen-bond donors (Lipinski definition) is 0. The molecule has 2 nitrogen and oxygen atoms in total. The van der Waals surface area contributed by atoms with Gasteiger partial charge in [0.2, 0.25) is 0 Å². The van der Waals surface area contributed by atoms with Crippen LogP contribution in [0.2, 0.25) is 0 Å². The Morgan fingerprint density at radius 2 is 1.65 bits per heavy atom. The maximum Gasteiger partial charge on any atom is 0.433 e. The predicted molar refractivity (Wildman–Crippen MR) is 65.6 cm³/mol. The molecule has 0 N–H and O–H groups in total. The summed E-state index contributed by atoms with van der Waals surface area (Å²) in [7, 11) is 0. The van der Waals surface area contributed by atoms with E-state index in [4.69, 9.17) is 0 Å². The molecular weight excluding hydrogens is 272 g/mol. The summed E-state index contributed by atoms with van der Waals surface area (Å²) in [5.74, 6) is -0.750. The highest BCUT2D eigenvalue weighted by Gasteiger charge is 2.38. The first-order chi connectivity index (χ1) is 9.47. The zero-order valence-electron chi connectivity index (χ0n) is 10.0. The molecule has 0 spiro atoms. The van der Waals surface area contributed by atoms with Crippen molar-refractivity contribution in [2.75, 3.05) is 0 Å². The van der Waals surface area contributed by atoms with E-state index >= 15 is 0 Å². The second kappa shape index (κ2) is 4.33. The molecule has 0 fully saturated rings. The van der Waals surface area contributed by atoms with Gasteiger partial charge in [0, 0.05) is 11.8 Å². The van der Waals surface area contributed by atoms with Crippen LogP contribution in [0.15, 0.2) is 48.7 Å². The van der Waals surface area contributed by atoms with Gasteiger partial charge in [-0.2, -0.15) is 13.2 Å². The van der Waals surface area contributed by atoms with Gasteiger partial charge in [-0.05, 0) is 12.1 Å². The van der Waals surface area contributed by atoms with Crippen LogP contribution in [-0.4, -0.2) is 9.38 Å². The molecule has 3 aromatic rings. The van der Waals surface area contributed by atoms with Gasteiger partial charge >= 0.3 is 6.18 Å². The van der Waals surface area contributed by atoms with Crippen LogP contribution in [0.25, 0.3) is 16.9 Å². The van der Waals surface area contributed by atoms with E-state index in [1.54, 1.807) is 18.2 Å². The summed E-state index contributed by atoms with van der Waals surface area (Å²) in [6.45, 7) is 0. The first-order valence-corrected chi connectivity index (χ1v) is 5.77. The van der Waals surface area contributed by atoms with E-state index in [9.17, 15) is 17.6 Å². The Bertz CT molecular complexity index is 760. The van der Waals surface area contributed by atoms with Crippen molar-refractivity contribution in [1.29, 1.82) is 0 Å². The molecule has 20 heavy (non-hydrogen) atoms. The number of rotatable bonds is 1. The fraction of sp³-hybridized carbons (Fsp3) is 0.0714. The van der Waals surface area contributed by atoms with Gasteiger partial charge in [-0.25, -0.2) is 9.37 Å². The third kappa shape index (κ3) is 2.03. The third-order valence-corrected chi connectivity index (χ3v) is 2.90. The summed E-state index contributed by atoms with van der Waals surface area (Å²) in [5, 5.41) is 0. The summed E-state index contributed by atoms with van der Waals surface area (Å²) in [5.41, 5.74) is -0.789. The average Bonchev–Trinajstić information content (AvgIpc) is 2.78. The van der Waals surface area contributed by atoms with Gasteiger partial charge in [0.15, 0.2) is 5.69 Å². The number of nitrogens with zero attached hydrogens (tertiary/aromatic N) is 2. The highest BCUT2D eigenvalue weighted by Crippen LogP contribution is 2.37. The highest BCUT2D eigenvalue weighted by molar-refractivity contribution is 5.67. The molecule has 3 rings (SSSR count). The van der Waals surface area contributed by atoms with Gasteiger partial charge < -0.3 is 0 Å². The number of alkyl halides is 3. The van der Waals surface area contributed by atoms with E-state index in [2.05, 4.69) is 4.98 Å². The Kier molecular flexibility index (Phi) is 2.74. The normalized spacial score (nSPS) is 12.0. The van der Waals surface area contributed by atoms with Gasteiger partial charge in [0.05, 0.1) is 0 Å². The molecule has 1 aromatic carbocycles. The first-order valence-electron chi connectivity index (χ1n) is 5.77. The predicted octanol–water partition coefficient (Wildman–Crippen LogP) is 4.16. The fourth-order valence-electron chi connectivity index (χ4n) is 2.09. The SMILES string of the molecule is Fc1ccc2nc(-c3ccccc3)c(C(F)(F)F)n2c1. The van der Waals surface area contributed by atoms with Crippen LogP contribution >= 0.6 is 0 Å². The third-order valence-electron chi connectivity index (χ3n) is 2.90.